The van der Waals surface area contributed by atoms with Gasteiger partial charge in [0.25, 0.3) is 5.91 Å². The molecule has 0 fully saturated rings. The van der Waals surface area contributed by atoms with Gasteiger partial charge in [0.1, 0.15) is 11.3 Å². The van der Waals surface area contributed by atoms with Crippen molar-refractivity contribution in [1.82, 2.24) is 5.43 Å². The SMILES string of the molecule is NC(=O)COc1ccc(/C=N\NC(=O)c2cc3cc(Br)ccc3o2)cc1. The number of carbonyl (C=O) groups is 2. The van der Waals surface area contributed by atoms with Crippen LogP contribution in [-0.4, -0.2) is 24.6 Å². The number of benzene rings is 2. The molecule has 0 spiro atoms. The molecule has 3 aromatic rings. The number of nitrogens with zero attached hydrogens (tertiary/aromatic N) is 1. The molecular formula is C18H14BrN3O4. The van der Waals surface area contributed by atoms with Crippen LogP contribution in [0, 0.1) is 0 Å². The third-order valence-corrected chi connectivity index (χ3v) is 3.84. The molecule has 0 saturated heterocycles. The molecule has 0 aliphatic heterocycles. The summed E-state index contributed by atoms with van der Waals surface area (Å²) >= 11 is 3.37. The fraction of sp³-hybridized carbons (Fsp3) is 0.0556. The average molecular weight is 416 g/mol. The molecule has 0 unspecified atom stereocenters. The molecule has 2 amide bonds. The summed E-state index contributed by atoms with van der Waals surface area (Å²) in [6.07, 6.45) is 1.48. The van der Waals surface area contributed by atoms with E-state index in [0.717, 1.165) is 15.4 Å². The van der Waals surface area contributed by atoms with E-state index in [1.54, 1.807) is 36.4 Å². The van der Waals surface area contributed by atoms with E-state index in [1.807, 2.05) is 12.1 Å². The van der Waals surface area contributed by atoms with E-state index >= 15 is 0 Å². The number of nitrogens with one attached hydrogen (secondary N) is 1. The molecule has 0 bridgehead atoms. The molecular weight excluding hydrogens is 402 g/mol. The van der Waals surface area contributed by atoms with Gasteiger partial charge in [-0.3, -0.25) is 9.59 Å². The van der Waals surface area contributed by atoms with Crippen molar-refractivity contribution in [3.05, 3.63) is 64.3 Å². The van der Waals surface area contributed by atoms with Crippen molar-refractivity contribution < 1.29 is 18.7 Å². The first-order valence-electron chi connectivity index (χ1n) is 7.55. The van der Waals surface area contributed by atoms with Crippen LogP contribution in [-0.2, 0) is 4.79 Å². The van der Waals surface area contributed by atoms with Crippen molar-refractivity contribution in [3.63, 3.8) is 0 Å². The zero-order chi connectivity index (χ0) is 18.5. The second-order valence-corrected chi connectivity index (χ2v) is 6.23. The van der Waals surface area contributed by atoms with Crippen molar-refractivity contribution in [1.29, 1.82) is 0 Å². The summed E-state index contributed by atoms with van der Waals surface area (Å²) in [5.74, 6) is -0.310. The normalized spacial score (nSPS) is 11.0. The molecule has 3 N–H and O–H groups in total. The fourth-order valence-electron chi connectivity index (χ4n) is 2.15. The predicted molar refractivity (Wildman–Crippen MR) is 100 cm³/mol. The van der Waals surface area contributed by atoms with Gasteiger partial charge in [-0.15, -0.1) is 0 Å². The summed E-state index contributed by atoms with van der Waals surface area (Å²) in [6.45, 7) is -0.183. The fourth-order valence-corrected chi connectivity index (χ4v) is 2.53. The van der Waals surface area contributed by atoms with E-state index in [2.05, 4.69) is 26.5 Å². The Kier molecular flexibility index (Phi) is 5.33. The first-order chi connectivity index (χ1) is 12.5. The lowest BCUT2D eigenvalue weighted by Gasteiger charge is -2.03. The number of carbonyl (C=O) groups excluding carboxylic acids is 2. The molecule has 8 heteroatoms. The molecule has 1 aromatic heterocycles. The second-order valence-electron chi connectivity index (χ2n) is 5.32. The van der Waals surface area contributed by atoms with E-state index in [-0.39, 0.29) is 12.4 Å². The largest absolute Gasteiger partial charge is 0.484 e. The summed E-state index contributed by atoms with van der Waals surface area (Å²) in [6, 6.07) is 13.9. The zero-order valence-electron chi connectivity index (χ0n) is 13.4. The number of nitrogens with two attached hydrogens (primary N) is 1. The number of halogens is 1. The topological polar surface area (TPSA) is 107 Å². The van der Waals surface area contributed by atoms with Gasteiger partial charge in [0.15, 0.2) is 12.4 Å². The first-order valence-corrected chi connectivity index (χ1v) is 8.34. The lowest BCUT2D eigenvalue weighted by molar-refractivity contribution is -0.119. The van der Waals surface area contributed by atoms with Gasteiger partial charge in [0, 0.05) is 9.86 Å². The molecule has 2 aromatic carbocycles. The molecule has 1 heterocycles. The summed E-state index contributed by atoms with van der Waals surface area (Å²) in [5.41, 5.74) is 8.78. The van der Waals surface area contributed by atoms with E-state index in [9.17, 15) is 9.59 Å². The number of fused-ring (bicyclic) bond motifs is 1. The van der Waals surface area contributed by atoms with E-state index < -0.39 is 11.8 Å². The maximum atomic E-state index is 12.1. The van der Waals surface area contributed by atoms with Gasteiger partial charge in [0.2, 0.25) is 0 Å². The molecule has 0 aliphatic carbocycles. The number of hydrogen-bond donors (Lipinski definition) is 2. The van der Waals surface area contributed by atoms with Gasteiger partial charge in [-0.2, -0.15) is 5.10 Å². The molecule has 0 atom stereocenters. The highest BCUT2D eigenvalue weighted by Crippen LogP contribution is 2.23. The Hall–Kier alpha value is -3.13. The van der Waals surface area contributed by atoms with Crippen LogP contribution in [0.2, 0.25) is 0 Å². The number of amides is 2. The Morgan fingerprint density at radius 3 is 2.69 bits per heavy atom. The minimum absolute atomic E-state index is 0.172. The lowest BCUT2D eigenvalue weighted by Crippen LogP contribution is -2.20. The Morgan fingerprint density at radius 1 is 1.19 bits per heavy atom. The van der Waals surface area contributed by atoms with Gasteiger partial charge in [-0.1, -0.05) is 15.9 Å². The molecule has 0 aliphatic rings. The van der Waals surface area contributed by atoms with Crippen molar-refractivity contribution >= 4 is 44.9 Å². The molecule has 0 saturated carbocycles. The molecule has 3 rings (SSSR count). The van der Waals surface area contributed by atoms with Crippen LogP contribution in [0.25, 0.3) is 11.0 Å². The summed E-state index contributed by atoms with van der Waals surface area (Å²) in [4.78, 5) is 22.8. The van der Waals surface area contributed by atoms with Gasteiger partial charge in [-0.05, 0) is 54.1 Å². The Morgan fingerprint density at radius 2 is 1.96 bits per heavy atom. The standard InChI is InChI=1S/C18H14BrN3O4/c19-13-3-6-15-12(7-13)8-16(26-15)18(24)22-21-9-11-1-4-14(5-2-11)25-10-17(20)23/h1-9H,10H2,(H2,20,23)(H,22,24)/b21-9-. The van der Waals surface area contributed by atoms with Crippen LogP contribution in [0.4, 0.5) is 0 Å². The molecule has 132 valence electrons. The second kappa shape index (κ2) is 7.83. The molecule has 26 heavy (non-hydrogen) atoms. The Balaban J connectivity index is 1.60. The highest BCUT2D eigenvalue weighted by atomic mass is 79.9. The lowest BCUT2D eigenvalue weighted by atomic mass is 10.2. The predicted octanol–water partition coefficient (Wildman–Crippen LogP) is 2.82. The van der Waals surface area contributed by atoms with Crippen LogP contribution in [0.1, 0.15) is 16.1 Å². The number of ether oxygens (including phenoxy) is 1. The van der Waals surface area contributed by atoms with Crippen LogP contribution in [0.15, 0.2) is 62.5 Å². The summed E-state index contributed by atoms with van der Waals surface area (Å²) in [7, 11) is 0. The number of hydrazone groups is 1. The van der Waals surface area contributed by atoms with Crippen LogP contribution in [0.5, 0.6) is 5.75 Å². The first kappa shape index (κ1) is 17.7. The average Bonchev–Trinajstić information content (AvgIpc) is 3.04. The summed E-state index contributed by atoms with van der Waals surface area (Å²) < 4.78 is 11.5. The quantitative estimate of drug-likeness (QED) is 0.476. The molecule has 0 radical (unpaired) electrons. The number of rotatable bonds is 6. The van der Waals surface area contributed by atoms with Crippen molar-refractivity contribution in [2.75, 3.05) is 6.61 Å². The highest BCUT2D eigenvalue weighted by molar-refractivity contribution is 9.10. The van der Waals surface area contributed by atoms with E-state index in [0.29, 0.717) is 11.3 Å². The Bertz CT molecular complexity index is 980. The minimum atomic E-state index is -0.545. The van der Waals surface area contributed by atoms with Crippen LogP contribution >= 0.6 is 15.9 Å². The van der Waals surface area contributed by atoms with Crippen molar-refractivity contribution in [2.45, 2.75) is 0 Å². The number of hydrogen-bond acceptors (Lipinski definition) is 5. The number of primary amides is 1. The van der Waals surface area contributed by atoms with Gasteiger partial charge >= 0.3 is 5.91 Å². The van der Waals surface area contributed by atoms with Crippen LogP contribution in [0.3, 0.4) is 0 Å². The smallest absolute Gasteiger partial charge is 0.307 e. The third-order valence-electron chi connectivity index (χ3n) is 3.34. The maximum Gasteiger partial charge on any atom is 0.307 e. The highest BCUT2D eigenvalue weighted by Gasteiger charge is 2.11. The van der Waals surface area contributed by atoms with E-state index in [1.165, 1.54) is 6.21 Å². The van der Waals surface area contributed by atoms with E-state index in [4.69, 9.17) is 14.9 Å². The number of furan rings is 1. The van der Waals surface area contributed by atoms with Crippen molar-refractivity contribution in [2.24, 2.45) is 10.8 Å². The maximum absolute atomic E-state index is 12.1. The van der Waals surface area contributed by atoms with Crippen molar-refractivity contribution in [3.8, 4) is 5.75 Å². The molecule has 7 nitrogen and oxygen atoms in total. The minimum Gasteiger partial charge on any atom is -0.484 e. The monoisotopic (exact) mass is 415 g/mol. The van der Waals surface area contributed by atoms with Gasteiger partial charge < -0.3 is 14.9 Å². The van der Waals surface area contributed by atoms with Gasteiger partial charge in [0.05, 0.1) is 6.21 Å². The van der Waals surface area contributed by atoms with Crippen LogP contribution < -0.4 is 15.9 Å². The van der Waals surface area contributed by atoms with Gasteiger partial charge in [-0.25, -0.2) is 5.43 Å². The third kappa shape index (κ3) is 4.48. The zero-order valence-corrected chi connectivity index (χ0v) is 15.0. The Labute approximate surface area is 156 Å². The summed E-state index contributed by atoms with van der Waals surface area (Å²) in [5, 5.41) is 4.72.